The Labute approximate surface area is 223 Å². The van der Waals surface area contributed by atoms with Gasteiger partial charge in [-0.15, -0.1) is 11.3 Å². The van der Waals surface area contributed by atoms with Crippen molar-refractivity contribution >= 4 is 56.5 Å². The first kappa shape index (κ1) is 26.3. The van der Waals surface area contributed by atoms with E-state index in [4.69, 9.17) is 21.3 Å². The fourth-order valence-electron chi connectivity index (χ4n) is 3.92. The number of aryl methyl sites for hydroxylation is 2. The van der Waals surface area contributed by atoms with Crippen LogP contribution in [0, 0.1) is 13.8 Å². The highest BCUT2D eigenvalue weighted by molar-refractivity contribution is 7.99. The molecule has 2 aromatic carbocycles. The van der Waals surface area contributed by atoms with E-state index in [0.717, 1.165) is 29.7 Å². The minimum Gasteiger partial charge on any atom is -0.494 e. The largest absolute Gasteiger partial charge is 0.494 e. The molecular weight excluding hydrogens is 514 g/mol. The molecule has 0 radical (unpaired) electrons. The van der Waals surface area contributed by atoms with E-state index in [1.54, 1.807) is 28.0 Å². The van der Waals surface area contributed by atoms with Gasteiger partial charge in [-0.1, -0.05) is 42.8 Å². The molecule has 2 heterocycles. The van der Waals surface area contributed by atoms with Gasteiger partial charge in [0, 0.05) is 15.6 Å². The molecule has 0 aliphatic rings. The Morgan fingerprint density at radius 3 is 2.58 bits per heavy atom. The summed E-state index contributed by atoms with van der Waals surface area (Å²) in [6.07, 6.45) is 1.89. The number of nitrogens with one attached hydrogen (secondary N) is 1. The standard InChI is InChI=1S/C27H28ClN3O3S2/c1-5-8-22-17(4)24-25(36-22)30-27(31(26(24)33)18-11-13-19(14-12-18)34-6-2)35-15-23(32)29-21-10-7-9-20(28)16(21)3/h7,9-14H,5-6,8,15H2,1-4H3,(H,29,32). The van der Waals surface area contributed by atoms with Crippen LogP contribution in [0.2, 0.25) is 5.02 Å². The second-order valence-electron chi connectivity index (χ2n) is 8.29. The number of carbonyl (C=O) groups is 1. The van der Waals surface area contributed by atoms with Crippen LogP contribution in [0.1, 0.15) is 36.3 Å². The number of hydrogen-bond donors (Lipinski definition) is 1. The lowest BCUT2D eigenvalue weighted by Crippen LogP contribution is -2.23. The van der Waals surface area contributed by atoms with Crippen molar-refractivity contribution in [1.29, 1.82) is 0 Å². The number of hydrogen-bond acceptors (Lipinski definition) is 6. The molecule has 1 N–H and O–H groups in total. The maximum atomic E-state index is 13.8. The number of thioether (sulfide) groups is 1. The Balaban J connectivity index is 1.71. The number of rotatable bonds is 9. The van der Waals surface area contributed by atoms with Gasteiger partial charge in [-0.25, -0.2) is 4.98 Å². The summed E-state index contributed by atoms with van der Waals surface area (Å²) in [6.45, 7) is 8.45. The number of thiophene rings is 1. The Morgan fingerprint density at radius 2 is 1.89 bits per heavy atom. The van der Waals surface area contributed by atoms with Gasteiger partial charge in [0.15, 0.2) is 5.16 Å². The highest BCUT2D eigenvalue weighted by atomic mass is 35.5. The molecule has 0 aliphatic carbocycles. The minimum atomic E-state index is -0.202. The molecule has 188 valence electrons. The average molecular weight is 542 g/mol. The maximum absolute atomic E-state index is 13.8. The molecule has 0 bridgehead atoms. The minimum absolute atomic E-state index is 0.0904. The molecule has 4 aromatic rings. The van der Waals surface area contributed by atoms with E-state index in [1.165, 1.54) is 16.6 Å². The highest BCUT2D eigenvalue weighted by Crippen LogP contribution is 2.31. The van der Waals surface area contributed by atoms with E-state index in [1.807, 2.05) is 51.1 Å². The summed E-state index contributed by atoms with van der Waals surface area (Å²) in [5.74, 6) is 0.616. The number of ether oxygens (including phenoxy) is 1. The number of aromatic nitrogens is 2. The fraction of sp³-hybridized carbons (Fsp3) is 0.296. The molecule has 0 unspecified atom stereocenters. The van der Waals surface area contributed by atoms with E-state index in [0.29, 0.717) is 38.4 Å². The number of anilines is 1. The summed E-state index contributed by atoms with van der Waals surface area (Å²) in [6, 6.07) is 12.7. The summed E-state index contributed by atoms with van der Waals surface area (Å²) in [7, 11) is 0. The van der Waals surface area contributed by atoms with E-state index in [2.05, 4.69) is 12.2 Å². The van der Waals surface area contributed by atoms with E-state index in [-0.39, 0.29) is 17.2 Å². The predicted molar refractivity (Wildman–Crippen MR) is 151 cm³/mol. The van der Waals surface area contributed by atoms with Crippen molar-refractivity contribution in [3.8, 4) is 11.4 Å². The zero-order valence-corrected chi connectivity index (χ0v) is 23.1. The summed E-state index contributed by atoms with van der Waals surface area (Å²) in [5, 5.41) is 4.61. The molecule has 2 aromatic heterocycles. The number of halogens is 1. The van der Waals surface area contributed by atoms with Gasteiger partial charge in [0.05, 0.1) is 23.4 Å². The smallest absolute Gasteiger partial charge is 0.267 e. The number of fused-ring (bicyclic) bond motifs is 1. The van der Waals surface area contributed by atoms with Gasteiger partial charge in [-0.2, -0.15) is 0 Å². The highest BCUT2D eigenvalue weighted by Gasteiger charge is 2.20. The van der Waals surface area contributed by atoms with Crippen molar-refractivity contribution in [1.82, 2.24) is 9.55 Å². The number of amides is 1. The van der Waals surface area contributed by atoms with E-state index in [9.17, 15) is 9.59 Å². The van der Waals surface area contributed by atoms with Crippen LogP contribution < -0.4 is 15.6 Å². The van der Waals surface area contributed by atoms with Gasteiger partial charge in [0.1, 0.15) is 10.6 Å². The molecule has 0 saturated carbocycles. The predicted octanol–water partition coefficient (Wildman–Crippen LogP) is 6.80. The van der Waals surface area contributed by atoms with Crippen LogP contribution in [0.4, 0.5) is 5.69 Å². The van der Waals surface area contributed by atoms with Crippen molar-refractivity contribution < 1.29 is 9.53 Å². The summed E-state index contributed by atoms with van der Waals surface area (Å²) in [5.41, 5.74) is 3.00. The molecule has 0 fully saturated rings. The molecule has 6 nitrogen and oxygen atoms in total. The Kier molecular flexibility index (Phi) is 8.39. The molecule has 1 amide bonds. The van der Waals surface area contributed by atoms with Crippen molar-refractivity contribution in [2.75, 3.05) is 17.7 Å². The molecule has 36 heavy (non-hydrogen) atoms. The Bertz CT molecular complexity index is 1460. The SMILES string of the molecule is CCCc1sc2nc(SCC(=O)Nc3cccc(Cl)c3C)n(-c3ccc(OCC)cc3)c(=O)c2c1C. The van der Waals surface area contributed by atoms with Gasteiger partial charge in [-0.05, 0) is 74.7 Å². The molecule has 0 aliphatic heterocycles. The number of carbonyl (C=O) groups excluding carboxylic acids is 1. The molecule has 0 atom stereocenters. The van der Waals surface area contributed by atoms with Crippen LogP contribution in [0.15, 0.2) is 52.4 Å². The van der Waals surface area contributed by atoms with E-state index < -0.39 is 0 Å². The summed E-state index contributed by atoms with van der Waals surface area (Å²) < 4.78 is 7.15. The van der Waals surface area contributed by atoms with Crippen molar-refractivity contribution in [2.24, 2.45) is 0 Å². The lowest BCUT2D eigenvalue weighted by Gasteiger charge is -2.13. The van der Waals surface area contributed by atoms with Crippen molar-refractivity contribution in [3.05, 3.63) is 73.8 Å². The zero-order valence-electron chi connectivity index (χ0n) is 20.7. The van der Waals surface area contributed by atoms with Crippen molar-refractivity contribution in [2.45, 2.75) is 45.7 Å². The van der Waals surface area contributed by atoms with Gasteiger partial charge >= 0.3 is 0 Å². The van der Waals surface area contributed by atoms with Gasteiger partial charge in [-0.3, -0.25) is 14.2 Å². The van der Waals surface area contributed by atoms with E-state index >= 15 is 0 Å². The number of nitrogens with zero attached hydrogens (tertiary/aromatic N) is 2. The van der Waals surface area contributed by atoms with Crippen LogP contribution in [-0.2, 0) is 11.2 Å². The zero-order chi connectivity index (χ0) is 25.8. The molecule has 0 spiro atoms. The lowest BCUT2D eigenvalue weighted by molar-refractivity contribution is -0.113. The normalized spacial score (nSPS) is 11.1. The Hall–Kier alpha value is -2.81. The lowest BCUT2D eigenvalue weighted by atomic mass is 10.1. The third-order valence-electron chi connectivity index (χ3n) is 5.79. The van der Waals surface area contributed by atoms with Crippen LogP contribution in [0.3, 0.4) is 0 Å². The topological polar surface area (TPSA) is 73.2 Å². The second kappa shape index (κ2) is 11.5. The summed E-state index contributed by atoms with van der Waals surface area (Å²) >= 11 is 8.98. The second-order valence-corrected chi connectivity index (χ2v) is 10.7. The van der Waals surface area contributed by atoms with Gasteiger partial charge < -0.3 is 10.1 Å². The fourth-order valence-corrected chi connectivity index (χ4v) is 6.22. The number of benzene rings is 2. The van der Waals surface area contributed by atoms with Crippen LogP contribution in [0.25, 0.3) is 15.9 Å². The quantitative estimate of drug-likeness (QED) is 0.186. The summed E-state index contributed by atoms with van der Waals surface area (Å²) in [4.78, 5) is 33.3. The van der Waals surface area contributed by atoms with Gasteiger partial charge in [0.25, 0.3) is 5.56 Å². The van der Waals surface area contributed by atoms with Gasteiger partial charge in [0.2, 0.25) is 5.91 Å². The Morgan fingerprint density at radius 1 is 1.14 bits per heavy atom. The average Bonchev–Trinajstić information content (AvgIpc) is 3.17. The van der Waals surface area contributed by atoms with Crippen molar-refractivity contribution in [3.63, 3.8) is 0 Å². The first-order valence-corrected chi connectivity index (χ1v) is 14.0. The molecule has 0 saturated heterocycles. The monoisotopic (exact) mass is 541 g/mol. The van der Waals surface area contributed by atoms with Crippen LogP contribution >= 0.6 is 34.7 Å². The molecule has 4 rings (SSSR count). The third-order valence-corrected chi connectivity index (χ3v) is 8.38. The molecular formula is C27H28ClN3O3S2. The molecule has 9 heteroatoms. The maximum Gasteiger partial charge on any atom is 0.267 e. The van der Waals surface area contributed by atoms with Crippen LogP contribution in [0.5, 0.6) is 5.75 Å². The van der Waals surface area contributed by atoms with Crippen LogP contribution in [-0.4, -0.2) is 27.8 Å². The first-order valence-electron chi connectivity index (χ1n) is 11.8. The third kappa shape index (κ3) is 5.45. The first-order chi connectivity index (χ1) is 17.3.